The van der Waals surface area contributed by atoms with Gasteiger partial charge in [0.15, 0.2) is 5.58 Å². The Kier molecular flexibility index (Phi) is 4.85. The zero-order chi connectivity index (χ0) is 37.9. The van der Waals surface area contributed by atoms with Gasteiger partial charge in [-0.3, -0.25) is 4.40 Å². The lowest BCUT2D eigenvalue weighted by Gasteiger charge is -2.35. The van der Waals surface area contributed by atoms with Crippen LogP contribution in [0.2, 0.25) is 0 Å². The fourth-order valence-electron chi connectivity index (χ4n) is 7.69. The van der Waals surface area contributed by atoms with Crippen LogP contribution < -0.4 is 4.74 Å². The summed E-state index contributed by atoms with van der Waals surface area (Å²) in [6, 6.07) is 34.4. The highest BCUT2D eigenvalue weighted by atomic mass is 16.5. The van der Waals surface area contributed by atoms with Crippen LogP contribution in [0.5, 0.6) is 11.5 Å². The molecule has 4 nitrogen and oxygen atoms in total. The van der Waals surface area contributed by atoms with Gasteiger partial charge in [0.2, 0.25) is 0 Å². The number of imidazole rings is 1. The van der Waals surface area contributed by atoms with Crippen molar-refractivity contribution in [3.63, 3.8) is 0 Å². The molecule has 0 spiro atoms. The Morgan fingerprint density at radius 3 is 2.12 bits per heavy atom. The van der Waals surface area contributed by atoms with E-state index in [0.29, 0.717) is 50.7 Å². The van der Waals surface area contributed by atoms with Crippen LogP contribution in [0, 0.1) is 27.6 Å². The maximum Gasteiger partial charge on any atom is 0.307 e. The van der Waals surface area contributed by atoms with Crippen molar-refractivity contribution in [2.45, 2.75) is 46.8 Å². The second-order valence-corrected chi connectivity index (χ2v) is 13.0. The van der Waals surface area contributed by atoms with E-state index in [0.717, 1.165) is 49.9 Å². The first-order valence-electron chi connectivity index (χ1n) is 19.1. The molecule has 1 aliphatic rings. The van der Waals surface area contributed by atoms with E-state index in [1.54, 1.807) is 31.2 Å². The molecule has 9 rings (SSSR count). The topological polar surface area (TPSA) is 39.7 Å². The minimum Gasteiger partial charge on any atom is -0.456 e. The number of oxazole rings is 1. The van der Waals surface area contributed by atoms with Gasteiger partial charge in [-0.25, -0.2) is 0 Å². The molecule has 0 saturated heterocycles. The summed E-state index contributed by atoms with van der Waals surface area (Å²) in [5.74, 6) is 1.29. The molecule has 1 atom stereocenters. The van der Waals surface area contributed by atoms with Gasteiger partial charge in [0.05, 0.1) is 16.6 Å². The van der Waals surface area contributed by atoms with Crippen molar-refractivity contribution in [3.8, 4) is 44.9 Å². The van der Waals surface area contributed by atoms with Crippen LogP contribution in [-0.2, 0) is 5.41 Å². The van der Waals surface area contributed by atoms with Gasteiger partial charge in [-0.1, -0.05) is 98.7 Å². The molecule has 48 heavy (non-hydrogen) atoms. The molecule has 1 unspecified atom stereocenters. The summed E-state index contributed by atoms with van der Waals surface area (Å²) in [6.45, 7) is 2.70. The number of hydrogen-bond donors (Lipinski definition) is 0. The number of benzene rings is 6. The molecule has 0 amide bonds. The summed E-state index contributed by atoms with van der Waals surface area (Å²) >= 11 is 0. The quantitative estimate of drug-likeness (QED) is 0.195. The highest BCUT2D eigenvalue weighted by Gasteiger charge is 2.35. The first kappa shape index (κ1) is 22.8. The number of hydrogen-bond acceptors (Lipinski definition) is 3. The lowest BCUT2D eigenvalue weighted by molar-refractivity contribution is 0.419. The average molecular weight is 631 g/mol. The first-order chi connectivity index (χ1) is 25.7. The van der Waals surface area contributed by atoms with E-state index in [1.165, 1.54) is 0 Å². The van der Waals surface area contributed by atoms with Crippen molar-refractivity contribution in [2.24, 2.45) is 0 Å². The third-order valence-corrected chi connectivity index (χ3v) is 10.1. The Hall–Kier alpha value is -5.61. The van der Waals surface area contributed by atoms with Gasteiger partial charge in [0, 0.05) is 35.9 Å². The average Bonchev–Trinajstić information content (AvgIpc) is 3.68. The molecule has 0 bridgehead atoms. The van der Waals surface area contributed by atoms with Gasteiger partial charge in [-0.15, -0.1) is 0 Å². The fraction of sp³-hybridized carbons (Fsp3) is 0.159. The van der Waals surface area contributed by atoms with Crippen LogP contribution in [-0.4, -0.2) is 9.38 Å². The van der Waals surface area contributed by atoms with Gasteiger partial charge in [-0.2, -0.15) is 4.98 Å². The summed E-state index contributed by atoms with van der Waals surface area (Å²) in [4.78, 5) is 4.74. The molecule has 0 aliphatic carbocycles. The van der Waals surface area contributed by atoms with Crippen molar-refractivity contribution >= 4 is 28.0 Å². The van der Waals surface area contributed by atoms with Crippen molar-refractivity contribution in [1.29, 1.82) is 0 Å². The maximum atomic E-state index is 9.01. The molecule has 0 fully saturated rings. The second-order valence-electron chi connectivity index (χ2n) is 13.0. The zero-order valence-corrected chi connectivity index (χ0v) is 27.1. The zero-order valence-electron chi connectivity index (χ0n) is 33.1. The fourth-order valence-corrected chi connectivity index (χ4v) is 7.69. The second kappa shape index (κ2) is 10.2. The molecule has 0 saturated carbocycles. The summed E-state index contributed by atoms with van der Waals surface area (Å²) in [7, 11) is 0. The van der Waals surface area contributed by atoms with E-state index in [1.807, 2.05) is 110 Å². The minimum atomic E-state index is -2.55. The number of aromatic nitrogens is 2. The van der Waals surface area contributed by atoms with Gasteiger partial charge in [-0.05, 0) is 96.4 Å². The number of para-hydroxylation sites is 5. The predicted molar refractivity (Wildman–Crippen MR) is 196 cm³/mol. The summed E-state index contributed by atoms with van der Waals surface area (Å²) in [5, 5.41) is 0. The van der Waals surface area contributed by atoms with Crippen molar-refractivity contribution in [1.82, 2.24) is 9.38 Å². The highest BCUT2D eigenvalue weighted by molar-refractivity contribution is 5.98. The third kappa shape index (κ3) is 3.92. The van der Waals surface area contributed by atoms with E-state index < -0.39 is 19.1 Å². The van der Waals surface area contributed by atoms with Crippen molar-refractivity contribution in [3.05, 3.63) is 143 Å². The van der Waals surface area contributed by atoms with Gasteiger partial charge < -0.3 is 9.15 Å². The Balaban J connectivity index is 1.29. The molecule has 0 N–H and O–H groups in total. The normalized spacial score (nSPS) is 17.9. The largest absolute Gasteiger partial charge is 0.456 e. The number of fused-ring (bicyclic) bond motifs is 7. The predicted octanol–water partition coefficient (Wildman–Crippen LogP) is 11.9. The molecular formula is C44H36N2O2. The number of aryl methyl sites for hydroxylation is 2. The van der Waals surface area contributed by atoms with E-state index in [9.17, 15) is 0 Å². The van der Waals surface area contributed by atoms with Gasteiger partial charge >= 0.3 is 5.84 Å². The van der Waals surface area contributed by atoms with Crippen molar-refractivity contribution in [2.75, 3.05) is 0 Å². The molecule has 3 heterocycles. The number of nitrogens with zero attached hydrogens (tertiary/aromatic N) is 2. The Bertz CT molecular complexity index is 2840. The molecule has 0 radical (unpaired) electrons. The Morgan fingerprint density at radius 1 is 0.646 bits per heavy atom. The van der Waals surface area contributed by atoms with E-state index in [4.69, 9.17) is 22.4 Å². The summed E-state index contributed by atoms with van der Waals surface area (Å²) < 4.78 is 68.2. The SMILES string of the molecule is [2H]C([2H])([2H])c1c(-c2ccc(C)c(-c3cccc4c3oc3nc5ccccc5n34)c2C)ccc(C)c1-c1cccc2c1Oc1ccccc1C2(C)C([2H])([2H])[2H]. The summed E-state index contributed by atoms with van der Waals surface area (Å²) in [6.07, 6.45) is 0. The van der Waals surface area contributed by atoms with E-state index in [-0.39, 0.29) is 5.56 Å². The minimum absolute atomic E-state index is 0.174. The van der Waals surface area contributed by atoms with E-state index >= 15 is 0 Å². The lowest BCUT2D eigenvalue weighted by atomic mass is 9.74. The van der Waals surface area contributed by atoms with Crippen LogP contribution in [0.4, 0.5) is 0 Å². The standard InChI is InChI=1S/C44H36N2O2/c1-25-21-23-29(27(3)39(25)31-13-11-16-34-41(31)47-38-20-10-7-15-33(38)44(34,5)6)30-24-22-26(2)40(28(30)4)32-14-12-19-37-42(32)48-43-45-35-17-8-9-18-36(35)46(37)43/h7-24H,1-6H3/i3D3,5D3. The van der Waals surface area contributed by atoms with Gasteiger partial charge in [0.1, 0.15) is 11.5 Å². The monoisotopic (exact) mass is 630 g/mol. The lowest BCUT2D eigenvalue weighted by Crippen LogP contribution is -2.24. The maximum absolute atomic E-state index is 9.01. The molecule has 8 aromatic rings. The number of rotatable bonds is 3. The number of ether oxygens (including phenoxy) is 1. The molecular weight excluding hydrogens is 588 g/mol. The molecule has 234 valence electrons. The van der Waals surface area contributed by atoms with Crippen LogP contribution >= 0.6 is 0 Å². The van der Waals surface area contributed by atoms with Crippen LogP contribution in [0.15, 0.2) is 114 Å². The highest BCUT2D eigenvalue weighted by Crippen LogP contribution is 2.52. The molecule has 6 aromatic carbocycles. The Morgan fingerprint density at radius 2 is 1.31 bits per heavy atom. The Labute approximate surface area is 288 Å². The smallest absolute Gasteiger partial charge is 0.307 e. The molecule has 1 aliphatic heterocycles. The van der Waals surface area contributed by atoms with Crippen LogP contribution in [0.25, 0.3) is 61.4 Å². The van der Waals surface area contributed by atoms with Crippen LogP contribution in [0.3, 0.4) is 0 Å². The summed E-state index contributed by atoms with van der Waals surface area (Å²) in [5.41, 5.74) is 10.0. The van der Waals surface area contributed by atoms with Crippen molar-refractivity contribution < 1.29 is 17.4 Å². The van der Waals surface area contributed by atoms with E-state index in [2.05, 4.69) is 0 Å². The molecule has 4 heteroatoms. The first-order valence-corrected chi connectivity index (χ1v) is 16.1. The molecule has 2 aromatic heterocycles. The third-order valence-electron chi connectivity index (χ3n) is 10.1. The van der Waals surface area contributed by atoms with Crippen LogP contribution in [0.1, 0.15) is 55.4 Å². The van der Waals surface area contributed by atoms with Gasteiger partial charge in [0.25, 0.3) is 0 Å².